The van der Waals surface area contributed by atoms with Gasteiger partial charge in [0.2, 0.25) is 0 Å². The van der Waals surface area contributed by atoms with Gasteiger partial charge < -0.3 is 15.3 Å². The normalized spacial score (nSPS) is 19.6. The average molecular weight is 276 g/mol. The number of piperidine rings is 1. The fourth-order valence-electron chi connectivity index (χ4n) is 2.86. The minimum atomic E-state index is 0.318. The van der Waals surface area contributed by atoms with Crippen LogP contribution < -0.4 is 10.2 Å². The smallest absolute Gasteiger partial charge is 0.0434 e. The average Bonchev–Trinajstić information content (AvgIpc) is 2.46. The molecule has 1 heterocycles. The van der Waals surface area contributed by atoms with Crippen LogP contribution >= 0.6 is 0 Å². The number of hydrogen-bond donors (Lipinski definition) is 2. The van der Waals surface area contributed by atoms with Crippen LogP contribution in [0.1, 0.15) is 38.7 Å². The third kappa shape index (κ3) is 4.50. The molecule has 0 amide bonds. The highest BCUT2D eigenvalue weighted by atomic mass is 16.3. The summed E-state index contributed by atoms with van der Waals surface area (Å²) in [4.78, 5) is 2.46. The molecule has 0 aliphatic carbocycles. The second-order valence-electron chi connectivity index (χ2n) is 6.17. The molecule has 0 radical (unpaired) electrons. The molecule has 20 heavy (non-hydrogen) atoms. The predicted octanol–water partition coefficient (Wildman–Crippen LogP) is 2.78. The fraction of sp³-hybridized carbons (Fsp3) is 0.647. The van der Waals surface area contributed by atoms with Crippen LogP contribution in [0, 0.1) is 5.92 Å². The summed E-state index contributed by atoms with van der Waals surface area (Å²) >= 11 is 0. The number of rotatable bonds is 6. The van der Waals surface area contributed by atoms with Crippen LogP contribution in [-0.2, 0) is 6.54 Å². The van der Waals surface area contributed by atoms with Crippen molar-refractivity contribution in [1.82, 2.24) is 5.32 Å². The summed E-state index contributed by atoms with van der Waals surface area (Å²) in [5, 5.41) is 12.5. The third-order valence-electron chi connectivity index (χ3n) is 4.07. The highest BCUT2D eigenvalue weighted by Gasteiger charge is 2.19. The Kier molecular flexibility index (Phi) is 5.86. The van der Waals surface area contributed by atoms with E-state index in [1.54, 1.807) is 0 Å². The molecule has 1 atom stereocenters. The van der Waals surface area contributed by atoms with Crippen molar-refractivity contribution >= 4 is 5.69 Å². The number of anilines is 1. The molecule has 3 nitrogen and oxygen atoms in total. The molecule has 1 aliphatic heterocycles. The topological polar surface area (TPSA) is 35.5 Å². The molecule has 0 aromatic heterocycles. The lowest BCUT2D eigenvalue weighted by atomic mass is 9.94. The molecule has 1 saturated heterocycles. The number of benzene rings is 1. The Morgan fingerprint density at radius 3 is 2.70 bits per heavy atom. The van der Waals surface area contributed by atoms with E-state index in [0.717, 1.165) is 26.1 Å². The minimum absolute atomic E-state index is 0.318. The van der Waals surface area contributed by atoms with Crippen LogP contribution in [0.25, 0.3) is 0 Å². The van der Waals surface area contributed by atoms with Crippen LogP contribution in [0.5, 0.6) is 0 Å². The van der Waals surface area contributed by atoms with E-state index in [1.807, 2.05) is 0 Å². The zero-order chi connectivity index (χ0) is 14.4. The maximum absolute atomic E-state index is 9.09. The molecule has 1 aliphatic rings. The van der Waals surface area contributed by atoms with E-state index >= 15 is 0 Å². The third-order valence-corrected chi connectivity index (χ3v) is 4.07. The van der Waals surface area contributed by atoms with E-state index in [0.29, 0.717) is 18.6 Å². The Labute approximate surface area is 123 Å². The van der Waals surface area contributed by atoms with Gasteiger partial charge in [-0.05, 0) is 42.9 Å². The van der Waals surface area contributed by atoms with E-state index in [9.17, 15) is 0 Å². The van der Waals surface area contributed by atoms with E-state index in [1.165, 1.54) is 24.1 Å². The highest BCUT2D eigenvalue weighted by molar-refractivity contribution is 5.48. The molecule has 1 fully saturated rings. The number of aliphatic hydroxyl groups excluding tert-OH is 1. The van der Waals surface area contributed by atoms with Gasteiger partial charge in [0, 0.05) is 38.0 Å². The zero-order valence-corrected chi connectivity index (χ0v) is 12.8. The largest absolute Gasteiger partial charge is 0.396 e. The van der Waals surface area contributed by atoms with Crippen molar-refractivity contribution < 1.29 is 5.11 Å². The Bertz CT molecular complexity index is 386. The summed E-state index contributed by atoms with van der Waals surface area (Å²) < 4.78 is 0. The predicted molar refractivity (Wildman–Crippen MR) is 85.1 cm³/mol. The standard InChI is InChI=1S/C17H28N2O/c1-14(2)18-12-15-5-7-17(8-6-15)19-10-3-4-16(13-19)9-11-20/h5-8,14,16,18,20H,3-4,9-13H2,1-2H3. The molecule has 1 aromatic rings. The molecular formula is C17H28N2O. The molecule has 112 valence electrons. The van der Waals surface area contributed by atoms with Crippen LogP contribution in [0.2, 0.25) is 0 Å². The van der Waals surface area contributed by atoms with Crippen molar-refractivity contribution in [2.24, 2.45) is 5.92 Å². The molecule has 1 unspecified atom stereocenters. The van der Waals surface area contributed by atoms with Crippen molar-refractivity contribution in [1.29, 1.82) is 0 Å². The van der Waals surface area contributed by atoms with Gasteiger partial charge in [-0.25, -0.2) is 0 Å². The number of nitrogens with zero attached hydrogens (tertiary/aromatic N) is 1. The number of aliphatic hydroxyl groups is 1. The SMILES string of the molecule is CC(C)NCc1ccc(N2CCCC(CCO)C2)cc1. The molecular weight excluding hydrogens is 248 g/mol. The maximum Gasteiger partial charge on any atom is 0.0434 e. The maximum atomic E-state index is 9.09. The first kappa shape index (κ1) is 15.3. The summed E-state index contributed by atoms with van der Waals surface area (Å²) in [6.07, 6.45) is 3.43. The lowest BCUT2D eigenvalue weighted by molar-refractivity contribution is 0.244. The van der Waals surface area contributed by atoms with E-state index in [4.69, 9.17) is 5.11 Å². The number of nitrogens with one attached hydrogen (secondary N) is 1. The van der Waals surface area contributed by atoms with E-state index in [2.05, 4.69) is 48.3 Å². The van der Waals surface area contributed by atoms with Gasteiger partial charge >= 0.3 is 0 Å². The quantitative estimate of drug-likeness (QED) is 0.838. The van der Waals surface area contributed by atoms with Crippen molar-refractivity contribution in [3.8, 4) is 0 Å². The van der Waals surface area contributed by atoms with Gasteiger partial charge in [0.1, 0.15) is 0 Å². The summed E-state index contributed by atoms with van der Waals surface area (Å²) in [5.74, 6) is 0.649. The van der Waals surface area contributed by atoms with Crippen molar-refractivity contribution in [3.05, 3.63) is 29.8 Å². The zero-order valence-electron chi connectivity index (χ0n) is 12.8. The second-order valence-corrected chi connectivity index (χ2v) is 6.17. The molecule has 0 spiro atoms. The number of hydrogen-bond acceptors (Lipinski definition) is 3. The molecule has 3 heteroatoms. The Morgan fingerprint density at radius 2 is 2.05 bits per heavy atom. The second kappa shape index (κ2) is 7.65. The van der Waals surface area contributed by atoms with Gasteiger partial charge in [0.05, 0.1) is 0 Å². The van der Waals surface area contributed by atoms with Crippen LogP contribution in [-0.4, -0.2) is 30.8 Å². The molecule has 2 rings (SSSR count). The first-order valence-electron chi connectivity index (χ1n) is 7.87. The van der Waals surface area contributed by atoms with Crippen molar-refractivity contribution in [2.45, 2.75) is 45.7 Å². The monoisotopic (exact) mass is 276 g/mol. The molecule has 2 N–H and O–H groups in total. The summed E-state index contributed by atoms with van der Waals surface area (Å²) in [6, 6.07) is 9.44. The van der Waals surface area contributed by atoms with Gasteiger partial charge in [-0.15, -0.1) is 0 Å². The van der Waals surface area contributed by atoms with Crippen molar-refractivity contribution in [3.63, 3.8) is 0 Å². The summed E-state index contributed by atoms with van der Waals surface area (Å²) in [7, 11) is 0. The highest BCUT2D eigenvalue weighted by Crippen LogP contribution is 2.25. The Hall–Kier alpha value is -1.06. The fourth-order valence-corrected chi connectivity index (χ4v) is 2.86. The Balaban J connectivity index is 1.91. The van der Waals surface area contributed by atoms with E-state index < -0.39 is 0 Å². The van der Waals surface area contributed by atoms with Gasteiger partial charge in [0.25, 0.3) is 0 Å². The molecule has 0 saturated carbocycles. The van der Waals surface area contributed by atoms with Gasteiger partial charge in [0.15, 0.2) is 0 Å². The lowest BCUT2D eigenvalue weighted by Crippen LogP contribution is -2.35. The molecule has 1 aromatic carbocycles. The van der Waals surface area contributed by atoms with Crippen LogP contribution in [0.3, 0.4) is 0 Å². The van der Waals surface area contributed by atoms with Gasteiger partial charge in [-0.2, -0.15) is 0 Å². The van der Waals surface area contributed by atoms with Gasteiger partial charge in [-0.3, -0.25) is 0 Å². The van der Waals surface area contributed by atoms with Crippen molar-refractivity contribution in [2.75, 3.05) is 24.6 Å². The molecule has 0 bridgehead atoms. The van der Waals surface area contributed by atoms with Gasteiger partial charge in [-0.1, -0.05) is 26.0 Å². The van der Waals surface area contributed by atoms with E-state index in [-0.39, 0.29) is 0 Å². The van der Waals surface area contributed by atoms with Crippen LogP contribution in [0.4, 0.5) is 5.69 Å². The summed E-state index contributed by atoms with van der Waals surface area (Å²) in [6.45, 7) is 7.83. The first-order chi connectivity index (χ1) is 9.69. The lowest BCUT2D eigenvalue weighted by Gasteiger charge is -2.34. The first-order valence-corrected chi connectivity index (χ1v) is 7.87. The Morgan fingerprint density at radius 1 is 1.30 bits per heavy atom. The van der Waals surface area contributed by atoms with Crippen LogP contribution in [0.15, 0.2) is 24.3 Å². The summed E-state index contributed by atoms with van der Waals surface area (Å²) in [5.41, 5.74) is 2.66. The minimum Gasteiger partial charge on any atom is -0.396 e.